The molecule has 0 saturated carbocycles. The minimum atomic E-state index is -0.294. The number of nitrogens with zero attached hydrogens (tertiary/aromatic N) is 1. The molecule has 3 N–H and O–H groups in total. The molecule has 3 amide bonds. The lowest BCUT2D eigenvalue weighted by molar-refractivity contribution is -0.130. The predicted octanol–water partition coefficient (Wildman–Crippen LogP) is 3.13. The molecule has 30 heavy (non-hydrogen) atoms. The summed E-state index contributed by atoms with van der Waals surface area (Å²) >= 11 is 5.97. The summed E-state index contributed by atoms with van der Waals surface area (Å²) in [6.45, 7) is 2.91. The lowest BCUT2D eigenvalue weighted by Crippen LogP contribution is -2.47. The molecule has 7 nitrogen and oxygen atoms in total. The number of anilines is 2. The van der Waals surface area contributed by atoms with Crippen molar-refractivity contribution in [2.45, 2.75) is 25.8 Å². The van der Waals surface area contributed by atoms with Gasteiger partial charge in [0.05, 0.1) is 12.1 Å². The SMILES string of the molecule is CC(=O)N1CCC(NC(=O)CNc2ccccc2C(=O)Nc2cccc(Cl)c2)CC1. The molecule has 0 aliphatic carbocycles. The number of amides is 3. The maximum Gasteiger partial charge on any atom is 0.257 e. The zero-order valence-corrected chi connectivity index (χ0v) is 17.5. The van der Waals surface area contributed by atoms with E-state index in [2.05, 4.69) is 16.0 Å². The average molecular weight is 429 g/mol. The van der Waals surface area contributed by atoms with Gasteiger partial charge in [-0.1, -0.05) is 29.8 Å². The van der Waals surface area contributed by atoms with Crippen molar-refractivity contribution in [2.75, 3.05) is 30.3 Å². The standard InChI is InChI=1S/C22H25ClN4O3/c1-15(28)27-11-9-17(10-12-27)25-21(29)14-24-20-8-3-2-7-19(20)22(30)26-18-6-4-5-16(23)13-18/h2-8,13,17,24H,9-12,14H2,1H3,(H,25,29)(H,26,30). The van der Waals surface area contributed by atoms with E-state index in [-0.39, 0.29) is 30.3 Å². The summed E-state index contributed by atoms with van der Waals surface area (Å²) in [6, 6.07) is 14.0. The van der Waals surface area contributed by atoms with Gasteiger partial charge in [-0.3, -0.25) is 14.4 Å². The van der Waals surface area contributed by atoms with Gasteiger partial charge >= 0.3 is 0 Å². The molecule has 0 bridgehead atoms. The van der Waals surface area contributed by atoms with Crippen molar-refractivity contribution >= 4 is 40.7 Å². The van der Waals surface area contributed by atoms with Gasteiger partial charge in [-0.2, -0.15) is 0 Å². The molecule has 158 valence electrons. The number of hydrogen-bond acceptors (Lipinski definition) is 4. The topological polar surface area (TPSA) is 90.5 Å². The number of hydrogen-bond donors (Lipinski definition) is 3. The van der Waals surface area contributed by atoms with E-state index in [1.165, 1.54) is 0 Å². The Bertz CT molecular complexity index is 926. The number of carbonyl (C=O) groups excluding carboxylic acids is 3. The average Bonchev–Trinajstić information content (AvgIpc) is 2.73. The number of carbonyl (C=O) groups is 3. The third-order valence-corrected chi connectivity index (χ3v) is 5.23. The van der Waals surface area contributed by atoms with E-state index in [4.69, 9.17) is 11.6 Å². The predicted molar refractivity (Wildman–Crippen MR) is 118 cm³/mol. The van der Waals surface area contributed by atoms with Gasteiger partial charge in [0.1, 0.15) is 0 Å². The molecule has 2 aromatic rings. The molecule has 0 spiro atoms. The normalized spacial score (nSPS) is 14.1. The third-order valence-electron chi connectivity index (χ3n) is 5.00. The van der Waals surface area contributed by atoms with Crippen LogP contribution in [0.25, 0.3) is 0 Å². The highest BCUT2D eigenvalue weighted by Crippen LogP contribution is 2.19. The van der Waals surface area contributed by atoms with E-state index in [1.54, 1.807) is 60.4 Å². The Morgan fingerprint density at radius 2 is 1.80 bits per heavy atom. The van der Waals surface area contributed by atoms with Crippen molar-refractivity contribution in [3.05, 3.63) is 59.1 Å². The van der Waals surface area contributed by atoms with Crippen molar-refractivity contribution < 1.29 is 14.4 Å². The summed E-state index contributed by atoms with van der Waals surface area (Å²) in [5.41, 5.74) is 1.59. The van der Waals surface area contributed by atoms with Gasteiger partial charge in [0.15, 0.2) is 0 Å². The van der Waals surface area contributed by atoms with Gasteiger partial charge in [-0.25, -0.2) is 0 Å². The van der Waals surface area contributed by atoms with Crippen LogP contribution in [-0.4, -0.2) is 48.3 Å². The van der Waals surface area contributed by atoms with E-state index in [0.717, 1.165) is 12.8 Å². The molecule has 1 aliphatic heterocycles. The minimum Gasteiger partial charge on any atom is -0.376 e. The smallest absolute Gasteiger partial charge is 0.257 e. The van der Waals surface area contributed by atoms with Crippen LogP contribution in [0.2, 0.25) is 5.02 Å². The Morgan fingerprint density at radius 3 is 2.50 bits per heavy atom. The Labute approximate surface area is 180 Å². The van der Waals surface area contributed by atoms with Crippen LogP contribution in [0.4, 0.5) is 11.4 Å². The second-order valence-electron chi connectivity index (χ2n) is 7.21. The van der Waals surface area contributed by atoms with Gasteiger partial charge in [-0.05, 0) is 43.2 Å². The van der Waals surface area contributed by atoms with Crippen molar-refractivity contribution in [3.8, 4) is 0 Å². The Balaban J connectivity index is 1.54. The number of rotatable bonds is 6. The van der Waals surface area contributed by atoms with Gasteiger partial charge in [0, 0.05) is 42.5 Å². The Morgan fingerprint density at radius 1 is 1.07 bits per heavy atom. The summed E-state index contributed by atoms with van der Waals surface area (Å²) in [6.07, 6.45) is 1.48. The number of benzene rings is 2. The zero-order chi connectivity index (χ0) is 21.5. The monoisotopic (exact) mass is 428 g/mol. The lowest BCUT2D eigenvalue weighted by atomic mass is 10.1. The highest BCUT2D eigenvalue weighted by molar-refractivity contribution is 6.31. The molecule has 1 saturated heterocycles. The zero-order valence-electron chi connectivity index (χ0n) is 16.8. The second kappa shape index (κ2) is 10.1. The second-order valence-corrected chi connectivity index (χ2v) is 7.65. The highest BCUT2D eigenvalue weighted by Gasteiger charge is 2.22. The van der Waals surface area contributed by atoms with Gasteiger partial charge < -0.3 is 20.9 Å². The number of likely N-dealkylation sites (tertiary alicyclic amines) is 1. The molecule has 0 unspecified atom stereocenters. The number of halogens is 1. The van der Waals surface area contributed by atoms with Crippen LogP contribution in [0, 0.1) is 0 Å². The van der Waals surface area contributed by atoms with E-state index < -0.39 is 0 Å². The molecule has 2 aromatic carbocycles. The summed E-state index contributed by atoms with van der Waals surface area (Å²) in [5.74, 6) is -0.382. The summed E-state index contributed by atoms with van der Waals surface area (Å²) in [5, 5.41) is 9.38. The molecular weight excluding hydrogens is 404 g/mol. The third kappa shape index (κ3) is 5.97. The van der Waals surface area contributed by atoms with Crippen molar-refractivity contribution in [1.82, 2.24) is 10.2 Å². The van der Waals surface area contributed by atoms with Crippen molar-refractivity contribution in [2.24, 2.45) is 0 Å². The molecule has 0 atom stereocenters. The van der Waals surface area contributed by atoms with Crippen LogP contribution in [-0.2, 0) is 9.59 Å². The molecule has 0 aromatic heterocycles. The molecule has 1 fully saturated rings. The fourth-order valence-electron chi connectivity index (χ4n) is 3.39. The molecule has 3 rings (SSSR count). The number of nitrogens with one attached hydrogen (secondary N) is 3. The summed E-state index contributed by atoms with van der Waals surface area (Å²) in [7, 11) is 0. The number of piperidine rings is 1. The molecule has 1 aliphatic rings. The Kier molecular flexibility index (Phi) is 7.30. The summed E-state index contributed by atoms with van der Waals surface area (Å²) < 4.78 is 0. The van der Waals surface area contributed by atoms with Crippen LogP contribution in [0.3, 0.4) is 0 Å². The quantitative estimate of drug-likeness (QED) is 0.659. The van der Waals surface area contributed by atoms with E-state index in [1.807, 2.05) is 0 Å². The van der Waals surface area contributed by atoms with Crippen molar-refractivity contribution in [3.63, 3.8) is 0 Å². The summed E-state index contributed by atoms with van der Waals surface area (Å²) in [4.78, 5) is 38.2. The van der Waals surface area contributed by atoms with Crippen LogP contribution in [0.15, 0.2) is 48.5 Å². The largest absolute Gasteiger partial charge is 0.376 e. The fourth-order valence-corrected chi connectivity index (χ4v) is 3.58. The number of para-hydroxylation sites is 1. The fraction of sp³-hybridized carbons (Fsp3) is 0.318. The van der Waals surface area contributed by atoms with Crippen LogP contribution in [0.1, 0.15) is 30.1 Å². The van der Waals surface area contributed by atoms with E-state index in [9.17, 15) is 14.4 Å². The first-order valence-corrected chi connectivity index (χ1v) is 10.2. The highest BCUT2D eigenvalue weighted by atomic mass is 35.5. The maximum absolute atomic E-state index is 12.7. The van der Waals surface area contributed by atoms with Gasteiger partial charge in [0.2, 0.25) is 11.8 Å². The Hall–Kier alpha value is -3.06. The maximum atomic E-state index is 12.7. The first-order valence-electron chi connectivity index (χ1n) is 9.87. The van der Waals surface area contributed by atoms with E-state index in [0.29, 0.717) is 35.1 Å². The van der Waals surface area contributed by atoms with Crippen LogP contribution >= 0.6 is 11.6 Å². The molecule has 8 heteroatoms. The van der Waals surface area contributed by atoms with Crippen LogP contribution in [0.5, 0.6) is 0 Å². The van der Waals surface area contributed by atoms with Gasteiger partial charge in [0.25, 0.3) is 5.91 Å². The lowest BCUT2D eigenvalue weighted by Gasteiger charge is -2.31. The first-order chi connectivity index (χ1) is 14.4. The molecular formula is C22H25ClN4O3. The molecule has 0 radical (unpaired) electrons. The minimum absolute atomic E-state index is 0.0500. The van der Waals surface area contributed by atoms with Crippen LogP contribution < -0.4 is 16.0 Å². The first kappa shape index (κ1) is 21.6. The van der Waals surface area contributed by atoms with Gasteiger partial charge in [-0.15, -0.1) is 0 Å². The van der Waals surface area contributed by atoms with E-state index >= 15 is 0 Å². The molecule has 1 heterocycles. The van der Waals surface area contributed by atoms with Crippen molar-refractivity contribution in [1.29, 1.82) is 0 Å².